The van der Waals surface area contributed by atoms with E-state index in [0.29, 0.717) is 0 Å². The van der Waals surface area contributed by atoms with Gasteiger partial charge in [-0.05, 0) is 50.1 Å². The zero-order valence-corrected chi connectivity index (χ0v) is 13.7. The van der Waals surface area contributed by atoms with Crippen LogP contribution in [0, 0.1) is 0 Å². The van der Waals surface area contributed by atoms with Gasteiger partial charge in [-0.1, -0.05) is 12.1 Å². The number of hydrogen-bond donors (Lipinski definition) is 1. The van der Waals surface area contributed by atoms with Crippen LogP contribution in [0.5, 0.6) is 5.75 Å². The molecule has 0 saturated heterocycles. The molecule has 0 fully saturated rings. The predicted octanol–water partition coefficient (Wildman–Crippen LogP) is 2.57. The van der Waals surface area contributed by atoms with E-state index in [1.54, 1.807) is 51.1 Å². The molecular formula is C17H21NO5. The highest BCUT2D eigenvalue weighted by Gasteiger charge is 2.37. The molecule has 1 heterocycles. The Kier molecular flexibility index (Phi) is 4.63. The lowest BCUT2D eigenvalue weighted by Crippen LogP contribution is -2.44. The predicted molar refractivity (Wildman–Crippen MR) is 84.8 cm³/mol. The van der Waals surface area contributed by atoms with Gasteiger partial charge in [-0.15, -0.1) is 0 Å². The number of ether oxygens (including phenoxy) is 2. The summed E-state index contributed by atoms with van der Waals surface area (Å²) in [5.74, 6) is -0.370. The van der Waals surface area contributed by atoms with Crippen molar-refractivity contribution in [1.82, 2.24) is 4.90 Å². The van der Waals surface area contributed by atoms with Crippen LogP contribution in [0.1, 0.15) is 26.3 Å². The van der Waals surface area contributed by atoms with Gasteiger partial charge in [0.25, 0.3) is 0 Å². The summed E-state index contributed by atoms with van der Waals surface area (Å²) in [4.78, 5) is 25.6. The van der Waals surface area contributed by atoms with Crippen LogP contribution in [-0.2, 0) is 14.3 Å². The van der Waals surface area contributed by atoms with Crippen molar-refractivity contribution in [2.24, 2.45) is 0 Å². The van der Waals surface area contributed by atoms with Crippen LogP contribution in [0.4, 0.5) is 4.79 Å². The largest absolute Gasteiger partial charge is 0.508 e. The minimum atomic E-state index is -0.821. The van der Waals surface area contributed by atoms with E-state index < -0.39 is 23.7 Å². The molecule has 1 aromatic rings. The van der Waals surface area contributed by atoms with Crippen molar-refractivity contribution in [2.45, 2.75) is 32.4 Å². The van der Waals surface area contributed by atoms with E-state index in [9.17, 15) is 14.7 Å². The number of rotatable bonds is 2. The van der Waals surface area contributed by atoms with Crippen LogP contribution in [0.3, 0.4) is 0 Å². The van der Waals surface area contributed by atoms with E-state index in [4.69, 9.17) is 9.47 Å². The van der Waals surface area contributed by atoms with Gasteiger partial charge in [-0.25, -0.2) is 9.59 Å². The van der Waals surface area contributed by atoms with Gasteiger partial charge >= 0.3 is 12.1 Å². The van der Waals surface area contributed by atoms with Gasteiger partial charge in [0.2, 0.25) is 0 Å². The maximum Gasteiger partial charge on any atom is 0.411 e. The molecule has 0 spiro atoms. The number of carbonyl (C=O) groups excluding carboxylic acids is 2. The molecule has 1 atom stereocenters. The number of nitrogens with zero attached hydrogens (tertiary/aromatic N) is 1. The Hall–Kier alpha value is -2.50. The van der Waals surface area contributed by atoms with Crippen LogP contribution >= 0.6 is 0 Å². The molecule has 0 saturated carbocycles. The van der Waals surface area contributed by atoms with Crippen LogP contribution < -0.4 is 0 Å². The quantitative estimate of drug-likeness (QED) is 0.848. The number of esters is 1. The summed E-state index contributed by atoms with van der Waals surface area (Å²) in [7, 11) is 1.28. The van der Waals surface area contributed by atoms with Gasteiger partial charge in [-0.2, -0.15) is 0 Å². The second-order valence-corrected chi connectivity index (χ2v) is 6.32. The van der Waals surface area contributed by atoms with E-state index in [1.807, 2.05) is 0 Å². The Morgan fingerprint density at radius 3 is 2.35 bits per heavy atom. The molecule has 124 valence electrons. The average Bonchev–Trinajstić information content (AvgIpc) is 2.90. The van der Waals surface area contributed by atoms with Crippen LogP contribution in [0.15, 0.2) is 30.3 Å². The second-order valence-electron chi connectivity index (χ2n) is 6.32. The molecule has 6 nitrogen and oxygen atoms in total. The third kappa shape index (κ3) is 4.03. The number of aromatic hydroxyl groups is 1. The number of benzene rings is 1. The fraction of sp³-hybridized carbons (Fsp3) is 0.412. The lowest BCUT2D eigenvalue weighted by Gasteiger charge is -2.27. The first kappa shape index (κ1) is 16.9. The fourth-order valence-electron chi connectivity index (χ4n) is 2.29. The Morgan fingerprint density at radius 2 is 1.83 bits per heavy atom. The van der Waals surface area contributed by atoms with E-state index >= 15 is 0 Å². The average molecular weight is 319 g/mol. The summed E-state index contributed by atoms with van der Waals surface area (Å²) in [5.41, 5.74) is 0.966. The van der Waals surface area contributed by atoms with Crippen LogP contribution in [-0.4, -0.2) is 47.4 Å². The van der Waals surface area contributed by atoms with E-state index in [1.165, 1.54) is 12.0 Å². The molecule has 23 heavy (non-hydrogen) atoms. The number of methoxy groups -OCH3 is 1. The lowest BCUT2D eigenvalue weighted by atomic mass is 10.1. The Morgan fingerprint density at radius 1 is 1.22 bits per heavy atom. The topological polar surface area (TPSA) is 76.1 Å². The highest BCUT2D eigenvalue weighted by molar-refractivity contribution is 5.90. The van der Waals surface area contributed by atoms with E-state index in [2.05, 4.69) is 0 Å². The van der Waals surface area contributed by atoms with Crippen LogP contribution in [0.2, 0.25) is 0 Å². The number of phenols is 1. The zero-order valence-electron chi connectivity index (χ0n) is 13.7. The van der Waals surface area contributed by atoms with Crippen molar-refractivity contribution in [3.05, 3.63) is 35.9 Å². The smallest absolute Gasteiger partial charge is 0.411 e. The Balaban J connectivity index is 2.26. The summed E-state index contributed by atoms with van der Waals surface area (Å²) in [5, 5.41) is 9.37. The molecule has 0 aromatic heterocycles. The van der Waals surface area contributed by atoms with Gasteiger partial charge in [0.15, 0.2) is 6.04 Å². The Bertz CT molecular complexity index is 627. The molecule has 2 rings (SSSR count). The number of carbonyl (C=O) groups is 2. The molecule has 0 unspecified atom stereocenters. The standard InChI is InChI=1S/C17H21NO5/c1-17(2,3)23-16(21)18-10-12(9-14(18)15(20)22-4)11-5-7-13(19)8-6-11/h5-9,14,19H,10H2,1-4H3/t14-/m0/s1. The molecule has 6 heteroatoms. The Labute approximate surface area is 135 Å². The fourth-order valence-corrected chi connectivity index (χ4v) is 2.29. The van der Waals surface area contributed by atoms with Crippen molar-refractivity contribution in [3.63, 3.8) is 0 Å². The van der Waals surface area contributed by atoms with Crippen molar-refractivity contribution >= 4 is 17.6 Å². The highest BCUT2D eigenvalue weighted by atomic mass is 16.6. The van der Waals surface area contributed by atoms with Crippen molar-refractivity contribution < 1.29 is 24.2 Å². The summed E-state index contributed by atoms with van der Waals surface area (Å²) in [6.07, 6.45) is 1.11. The molecule has 1 N–H and O–H groups in total. The number of phenolic OH excluding ortho intramolecular Hbond substituents is 1. The number of amides is 1. The summed E-state index contributed by atoms with van der Waals surface area (Å²) in [6.45, 7) is 5.53. The monoisotopic (exact) mass is 319 g/mol. The van der Waals surface area contributed by atoms with Crippen molar-refractivity contribution in [2.75, 3.05) is 13.7 Å². The van der Waals surface area contributed by atoms with Crippen molar-refractivity contribution in [1.29, 1.82) is 0 Å². The minimum Gasteiger partial charge on any atom is -0.508 e. The highest BCUT2D eigenvalue weighted by Crippen LogP contribution is 2.28. The van der Waals surface area contributed by atoms with E-state index in [0.717, 1.165) is 11.1 Å². The molecule has 1 aromatic carbocycles. The SMILES string of the molecule is COC(=O)[C@@H]1C=C(c2ccc(O)cc2)CN1C(=O)OC(C)(C)C. The second kappa shape index (κ2) is 6.32. The molecule has 1 aliphatic heterocycles. The third-order valence-corrected chi connectivity index (χ3v) is 3.34. The maximum atomic E-state index is 12.3. The maximum absolute atomic E-state index is 12.3. The molecule has 1 amide bonds. The first-order valence-electron chi connectivity index (χ1n) is 7.29. The molecule has 1 aliphatic rings. The summed E-state index contributed by atoms with van der Waals surface area (Å²) >= 11 is 0. The van der Waals surface area contributed by atoms with E-state index in [-0.39, 0.29) is 12.3 Å². The van der Waals surface area contributed by atoms with Gasteiger partial charge in [0.1, 0.15) is 11.4 Å². The summed E-state index contributed by atoms with van der Waals surface area (Å²) < 4.78 is 10.1. The lowest BCUT2D eigenvalue weighted by molar-refractivity contribution is -0.144. The van der Waals surface area contributed by atoms with Crippen LogP contribution in [0.25, 0.3) is 5.57 Å². The molecule has 0 aliphatic carbocycles. The third-order valence-electron chi connectivity index (χ3n) is 3.34. The van der Waals surface area contributed by atoms with Crippen molar-refractivity contribution in [3.8, 4) is 5.75 Å². The first-order chi connectivity index (χ1) is 10.7. The van der Waals surface area contributed by atoms with Gasteiger partial charge in [0, 0.05) is 0 Å². The number of hydrogen-bond acceptors (Lipinski definition) is 5. The molecular weight excluding hydrogens is 298 g/mol. The molecule has 0 radical (unpaired) electrons. The molecule has 0 bridgehead atoms. The normalized spacial score (nSPS) is 17.7. The summed E-state index contributed by atoms with van der Waals surface area (Å²) in [6, 6.07) is 5.75. The minimum absolute atomic E-state index is 0.154. The van der Waals surface area contributed by atoms with Gasteiger partial charge < -0.3 is 14.6 Å². The van der Waals surface area contributed by atoms with Gasteiger partial charge in [0.05, 0.1) is 13.7 Å². The zero-order chi connectivity index (χ0) is 17.2. The van der Waals surface area contributed by atoms with Gasteiger partial charge in [-0.3, -0.25) is 4.90 Å². The first-order valence-corrected chi connectivity index (χ1v) is 7.29.